The van der Waals surface area contributed by atoms with E-state index in [0.29, 0.717) is 5.56 Å². The summed E-state index contributed by atoms with van der Waals surface area (Å²) in [6, 6.07) is 2.51. The predicted molar refractivity (Wildman–Crippen MR) is 74.0 cm³/mol. The third-order valence-corrected chi connectivity index (χ3v) is 3.14. The summed E-state index contributed by atoms with van der Waals surface area (Å²) in [7, 11) is 0. The monoisotopic (exact) mass is 287 g/mol. The van der Waals surface area contributed by atoms with Gasteiger partial charge in [0, 0.05) is 12.6 Å². The lowest BCUT2D eigenvalue weighted by atomic mass is 10.1. The third kappa shape index (κ3) is 3.91. The number of amides is 1. The molecule has 0 spiro atoms. The number of hydrogen-bond donors (Lipinski definition) is 1. The van der Waals surface area contributed by atoms with Gasteiger partial charge in [0.05, 0.1) is 16.7 Å². The van der Waals surface area contributed by atoms with Gasteiger partial charge in [-0.1, -0.05) is 11.6 Å². The third-order valence-electron chi connectivity index (χ3n) is 2.82. The van der Waals surface area contributed by atoms with Crippen molar-refractivity contribution in [3.63, 3.8) is 0 Å². The Labute approximate surface area is 118 Å². The van der Waals surface area contributed by atoms with Crippen LogP contribution in [-0.4, -0.2) is 34.6 Å². The van der Waals surface area contributed by atoms with E-state index in [1.807, 2.05) is 13.8 Å². The molecule has 0 saturated heterocycles. The summed E-state index contributed by atoms with van der Waals surface area (Å²) in [5.41, 5.74) is 0.628. The van der Waals surface area contributed by atoms with Gasteiger partial charge in [-0.15, -0.1) is 0 Å². The quantitative estimate of drug-likeness (QED) is 0.925. The minimum Gasteiger partial charge on any atom is -0.392 e. The molecule has 0 bridgehead atoms. The number of benzene rings is 1. The van der Waals surface area contributed by atoms with Gasteiger partial charge in [-0.2, -0.15) is 0 Å². The number of carbonyl (C=O) groups excluding carboxylic acids is 1. The number of aliphatic hydroxyl groups excluding tert-OH is 1. The molecule has 1 amide bonds. The fourth-order valence-electron chi connectivity index (χ4n) is 1.79. The van der Waals surface area contributed by atoms with Gasteiger partial charge in [-0.3, -0.25) is 4.79 Å². The Morgan fingerprint density at radius 3 is 2.47 bits per heavy atom. The van der Waals surface area contributed by atoms with Gasteiger partial charge in [0.2, 0.25) is 0 Å². The van der Waals surface area contributed by atoms with E-state index >= 15 is 0 Å². The topological polar surface area (TPSA) is 40.5 Å². The Hall–Kier alpha value is -1.13. The Morgan fingerprint density at radius 1 is 1.42 bits per heavy atom. The van der Waals surface area contributed by atoms with E-state index < -0.39 is 11.9 Å². The Kier molecular flexibility index (Phi) is 5.32. The van der Waals surface area contributed by atoms with Crippen molar-refractivity contribution in [1.82, 2.24) is 4.90 Å². The molecule has 0 aliphatic heterocycles. The molecule has 1 atom stereocenters. The van der Waals surface area contributed by atoms with Crippen LogP contribution in [0.15, 0.2) is 12.1 Å². The van der Waals surface area contributed by atoms with E-state index in [9.17, 15) is 14.3 Å². The standard InChI is InChI=1S/C14H19ClFNO2/c1-8(2)17(7-10(4)18)14(19)11-5-9(3)13(16)6-12(11)15/h5-6,8,10,18H,7H2,1-4H3. The summed E-state index contributed by atoms with van der Waals surface area (Å²) in [5.74, 6) is -0.739. The van der Waals surface area contributed by atoms with Crippen molar-refractivity contribution in [3.05, 3.63) is 34.1 Å². The lowest BCUT2D eigenvalue weighted by Gasteiger charge is -2.28. The van der Waals surface area contributed by atoms with Crippen LogP contribution in [0.3, 0.4) is 0 Å². The van der Waals surface area contributed by atoms with Crippen molar-refractivity contribution in [2.75, 3.05) is 6.54 Å². The fourth-order valence-corrected chi connectivity index (χ4v) is 2.02. The average Bonchev–Trinajstić information content (AvgIpc) is 2.29. The largest absolute Gasteiger partial charge is 0.392 e. The molecule has 19 heavy (non-hydrogen) atoms. The van der Waals surface area contributed by atoms with E-state index in [2.05, 4.69) is 0 Å². The minimum atomic E-state index is -0.633. The van der Waals surface area contributed by atoms with Crippen LogP contribution in [0.2, 0.25) is 5.02 Å². The molecule has 5 heteroatoms. The molecule has 0 aromatic heterocycles. The molecule has 1 aromatic rings. The number of aliphatic hydroxyl groups is 1. The predicted octanol–water partition coefficient (Wildman–Crippen LogP) is 3.02. The van der Waals surface area contributed by atoms with Crippen molar-refractivity contribution in [2.24, 2.45) is 0 Å². The van der Waals surface area contributed by atoms with Crippen LogP contribution in [0.25, 0.3) is 0 Å². The molecule has 0 fully saturated rings. The van der Waals surface area contributed by atoms with Crippen LogP contribution in [0, 0.1) is 12.7 Å². The second kappa shape index (κ2) is 6.35. The Morgan fingerprint density at radius 2 is 2.00 bits per heavy atom. The smallest absolute Gasteiger partial charge is 0.255 e. The van der Waals surface area contributed by atoms with E-state index in [1.165, 1.54) is 11.0 Å². The summed E-state index contributed by atoms with van der Waals surface area (Å²) in [4.78, 5) is 13.9. The summed E-state index contributed by atoms with van der Waals surface area (Å²) < 4.78 is 13.3. The molecule has 0 aliphatic rings. The highest BCUT2D eigenvalue weighted by Crippen LogP contribution is 2.22. The number of hydrogen-bond acceptors (Lipinski definition) is 2. The molecule has 3 nitrogen and oxygen atoms in total. The van der Waals surface area contributed by atoms with Crippen molar-refractivity contribution in [3.8, 4) is 0 Å². The van der Waals surface area contributed by atoms with Gasteiger partial charge in [0.1, 0.15) is 5.82 Å². The van der Waals surface area contributed by atoms with Gasteiger partial charge in [0.15, 0.2) is 0 Å². The minimum absolute atomic E-state index is 0.0801. The SMILES string of the molecule is Cc1cc(C(=O)N(CC(C)O)C(C)C)c(Cl)cc1F. The molecule has 1 rings (SSSR count). The maximum absolute atomic E-state index is 13.3. The lowest BCUT2D eigenvalue weighted by molar-refractivity contribution is 0.0579. The van der Waals surface area contributed by atoms with Crippen molar-refractivity contribution in [1.29, 1.82) is 0 Å². The first-order valence-electron chi connectivity index (χ1n) is 6.18. The molecule has 1 aromatic carbocycles. The summed E-state index contributed by atoms with van der Waals surface area (Å²) >= 11 is 5.93. The number of halogens is 2. The van der Waals surface area contributed by atoms with E-state index in [0.717, 1.165) is 6.07 Å². The first kappa shape index (κ1) is 15.9. The van der Waals surface area contributed by atoms with Gasteiger partial charge >= 0.3 is 0 Å². The highest BCUT2D eigenvalue weighted by Gasteiger charge is 2.23. The van der Waals surface area contributed by atoms with Crippen LogP contribution in [-0.2, 0) is 0 Å². The Balaban J connectivity index is 3.13. The highest BCUT2D eigenvalue weighted by molar-refractivity contribution is 6.33. The zero-order valence-corrected chi connectivity index (χ0v) is 12.3. The Bertz CT molecular complexity index is 475. The molecule has 106 valence electrons. The van der Waals surface area contributed by atoms with E-state index in [1.54, 1.807) is 13.8 Å². The van der Waals surface area contributed by atoms with Gasteiger partial charge in [-0.05, 0) is 45.4 Å². The summed E-state index contributed by atoms with van der Waals surface area (Å²) in [6.45, 7) is 7.11. The molecular formula is C14H19ClFNO2. The maximum Gasteiger partial charge on any atom is 0.255 e. The lowest BCUT2D eigenvalue weighted by Crippen LogP contribution is -2.41. The zero-order chi connectivity index (χ0) is 14.7. The van der Waals surface area contributed by atoms with E-state index in [-0.39, 0.29) is 29.1 Å². The van der Waals surface area contributed by atoms with Gasteiger partial charge < -0.3 is 10.0 Å². The van der Waals surface area contributed by atoms with Crippen molar-refractivity contribution < 1.29 is 14.3 Å². The van der Waals surface area contributed by atoms with Crippen LogP contribution in [0.5, 0.6) is 0 Å². The van der Waals surface area contributed by atoms with Crippen LogP contribution in [0.1, 0.15) is 36.7 Å². The van der Waals surface area contributed by atoms with Gasteiger partial charge in [-0.25, -0.2) is 4.39 Å². The average molecular weight is 288 g/mol. The molecule has 0 aliphatic carbocycles. The molecule has 0 saturated carbocycles. The van der Waals surface area contributed by atoms with Crippen LogP contribution < -0.4 is 0 Å². The first-order valence-corrected chi connectivity index (χ1v) is 6.56. The van der Waals surface area contributed by atoms with Crippen LogP contribution >= 0.6 is 11.6 Å². The molecular weight excluding hydrogens is 269 g/mol. The van der Waals surface area contributed by atoms with Crippen LogP contribution in [0.4, 0.5) is 4.39 Å². The zero-order valence-electron chi connectivity index (χ0n) is 11.6. The number of nitrogens with zero attached hydrogens (tertiary/aromatic N) is 1. The van der Waals surface area contributed by atoms with Gasteiger partial charge in [0.25, 0.3) is 5.91 Å². The maximum atomic E-state index is 13.3. The number of carbonyl (C=O) groups is 1. The summed E-state index contributed by atoms with van der Waals surface area (Å²) in [6.07, 6.45) is -0.633. The molecule has 0 radical (unpaired) electrons. The molecule has 1 N–H and O–H groups in total. The second-order valence-electron chi connectivity index (χ2n) is 4.98. The normalized spacial score (nSPS) is 12.6. The number of aryl methyl sites for hydroxylation is 1. The summed E-state index contributed by atoms with van der Waals surface area (Å²) in [5, 5.41) is 9.54. The van der Waals surface area contributed by atoms with Crippen molar-refractivity contribution >= 4 is 17.5 Å². The fraction of sp³-hybridized carbons (Fsp3) is 0.500. The van der Waals surface area contributed by atoms with Crippen molar-refractivity contribution in [2.45, 2.75) is 39.8 Å². The van der Waals surface area contributed by atoms with E-state index in [4.69, 9.17) is 11.6 Å². The molecule has 0 heterocycles. The highest BCUT2D eigenvalue weighted by atomic mass is 35.5. The number of rotatable bonds is 4. The second-order valence-corrected chi connectivity index (χ2v) is 5.39. The molecule has 1 unspecified atom stereocenters. The first-order chi connectivity index (χ1) is 8.73.